The van der Waals surface area contributed by atoms with E-state index in [-0.39, 0.29) is 47.1 Å². The Morgan fingerprint density at radius 1 is 1.22 bits per heavy atom. The zero-order valence-corrected chi connectivity index (χ0v) is 25.1. The van der Waals surface area contributed by atoms with Crippen molar-refractivity contribution < 1.29 is 34.4 Å². The van der Waals surface area contributed by atoms with Crippen LogP contribution in [0, 0.1) is 16.7 Å². The van der Waals surface area contributed by atoms with Gasteiger partial charge in [-0.1, -0.05) is 42.5 Å². The van der Waals surface area contributed by atoms with Crippen LogP contribution in [0.4, 0.5) is 11.6 Å². The SMILES string of the molecule is CC1(C=O)[C@H](O)C(O)O[C@H]1n1c(NCc2ccc(-c3ccccc3)c(OCCCCC(=O)NCO)c2)c(C#N)c2c(N)ncnc21. The number of nitrogens with one attached hydrogen (secondary N) is 2. The summed E-state index contributed by atoms with van der Waals surface area (Å²) < 4.78 is 13.3. The minimum Gasteiger partial charge on any atom is -0.493 e. The highest BCUT2D eigenvalue weighted by atomic mass is 16.6. The van der Waals surface area contributed by atoms with E-state index in [0.29, 0.717) is 31.5 Å². The number of unbranched alkanes of at least 4 members (excludes halogenated alkanes) is 1. The van der Waals surface area contributed by atoms with Gasteiger partial charge in [-0.15, -0.1) is 0 Å². The lowest BCUT2D eigenvalue weighted by molar-refractivity contribution is -0.140. The molecule has 4 atom stereocenters. The fourth-order valence-electron chi connectivity index (χ4n) is 5.53. The molecule has 1 amide bonds. The summed E-state index contributed by atoms with van der Waals surface area (Å²) in [6, 6.07) is 17.6. The molecule has 1 fully saturated rings. The van der Waals surface area contributed by atoms with Crippen LogP contribution in [0.15, 0.2) is 54.9 Å². The standard InChI is InChI=1S/C32H35N7O7/c1-32(16-40)26(43)30(44)46-31(32)39-28(22(14-33)25-27(34)36-17-37-29(25)39)35-15-19-10-11-21(20-7-3-2-4-8-20)23(13-19)45-12-6-5-9-24(42)38-18-41/h2-4,7-8,10-11,13,16-17,26,30-31,35,41,43-44H,5-6,9,12,15,18H2,1H3,(H,38,42)(H2,34,36,37)/t26-,30?,31-,32?/m1/s1. The Bertz CT molecular complexity index is 1760. The minimum atomic E-state index is -1.66. The molecule has 5 rings (SSSR count). The summed E-state index contributed by atoms with van der Waals surface area (Å²) in [5.41, 5.74) is 7.45. The topological polar surface area (TPSA) is 218 Å². The number of fused-ring (bicyclic) bond motifs is 1. The van der Waals surface area contributed by atoms with E-state index in [9.17, 15) is 25.1 Å². The molecule has 2 unspecified atom stereocenters. The lowest BCUT2D eigenvalue weighted by Crippen LogP contribution is -2.38. The number of hydrogen-bond acceptors (Lipinski definition) is 12. The molecule has 0 aliphatic carbocycles. The van der Waals surface area contributed by atoms with Crippen LogP contribution < -0.4 is 21.1 Å². The summed E-state index contributed by atoms with van der Waals surface area (Å²) in [4.78, 5) is 32.3. The predicted molar refractivity (Wildman–Crippen MR) is 167 cm³/mol. The zero-order chi connectivity index (χ0) is 32.8. The van der Waals surface area contributed by atoms with Crippen LogP contribution in [-0.4, -0.2) is 67.8 Å². The molecule has 14 heteroatoms. The third-order valence-electron chi connectivity index (χ3n) is 8.04. The van der Waals surface area contributed by atoms with Crippen LogP contribution in [0.1, 0.15) is 43.5 Å². The average molecular weight is 630 g/mol. The zero-order valence-electron chi connectivity index (χ0n) is 25.1. The lowest BCUT2D eigenvalue weighted by atomic mass is 9.85. The Morgan fingerprint density at radius 2 is 2.00 bits per heavy atom. The first-order chi connectivity index (χ1) is 22.2. The van der Waals surface area contributed by atoms with Gasteiger partial charge in [-0.25, -0.2) is 9.97 Å². The van der Waals surface area contributed by atoms with Gasteiger partial charge in [0.25, 0.3) is 0 Å². The lowest BCUT2D eigenvalue weighted by Gasteiger charge is -2.28. The predicted octanol–water partition coefficient (Wildman–Crippen LogP) is 2.19. The van der Waals surface area contributed by atoms with E-state index < -0.39 is 30.8 Å². The number of carbonyl (C=O) groups is 2. The molecular formula is C32H35N7O7. The van der Waals surface area contributed by atoms with Gasteiger partial charge in [0.2, 0.25) is 5.91 Å². The summed E-state index contributed by atoms with van der Waals surface area (Å²) in [6.07, 6.45) is -1.27. The molecule has 2 aromatic heterocycles. The van der Waals surface area contributed by atoms with Crippen LogP contribution in [0.3, 0.4) is 0 Å². The van der Waals surface area contributed by atoms with E-state index >= 15 is 0 Å². The number of rotatable bonds is 13. The van der Waals surface area contributed by atoms with E-state index in [1.54, 1.807) is 0 Å². The van der Waals surface area contributed by atoms with Gasteiger partial charge in [-0.3, -0.25) is 9.36 Å². The maximum Gasteiger partial charge on any atom is 0.221 e. The number of aldehydes is 1. The number of aliphatic hydroxyl groups excluding tert-OH is 3. The molecule has 0 bridgehead atoms. The average Bonchev–Trinajstić information content (AvgIpc) is 3.50. The molecule has 1 aliphatic heterocycles. The Morgan fingerprint density at radius 3 is 2.72 bits per heavy atom. The van der Waals surface area contributed by atoms with Crippen molar-refractivity contribution in [3.8, 4) is 22.9 Å². The van der Waals surface area contributed by atoms with E-state index in [0.717, 1.165) is 16.7 Å². The smallest absolute Gasteiger partial charge is 0.221 e. The van der Waals surface area contributed by atoms with E-state index in [2.05, 4.69) is 26.7 Å². The van der Waals surface area contributed by atoms with Crippen LogP contribution in [0.25, 0.3) is 22.2 Å². The van der Waals surface area contributed by atoms with Crippen molar-refractivity contribution in [1.29, 1.82) is 5.26 Å². The van der Waals surface area contributed by atoms with Gasteiger partial charge in [0.05, 0.1) is 17.4 Å². The van der Waals surface area contributed by atoms with Gasteiger partial charge < -0.3 is 46.0 Å². The molecule has 4 aromatic rings. The van der Waals surface area contributed by atoms with Gasteiger partial charge in [-0.2, -0.15) is 5.26 Å². The molecule has 1 aliphatic rings. The van der Waals surface area contributed by atoms with E-state index in [1.165, 1.54) is 17.8 Å². The quantitative estimate of drug-likeness (QED) is 0.0712. The number of amides is 1. The minimum absolute atomic E-state index is 0.0343. The van der Waals surface area contributed by atoms with Gasteiger partial charge in [-0.05, 0) is 37.0 Å². The number of nitrogen functional groups attached to an aromatic ring is 1. The number of nitriles is 1. The number of benzene rings is 2. The van der Waals surface area contributed by atoms with Crippen LogP contribution >= 0.6 is 0 Å². The molecule has 0 radical (unpaired) electrons. The molecule has 1 saturated heterocycles. The van der Waals surface area contributed by atoms with Crippen LogP contribution in [0.2, 0.25) is 0 Å². The third-order valence-corrected chi connectivity index (χ3v) is 8.04. The number of aliphatic hydroxyl groups is 3. The van der Waals surface area contributed by atoms with Crippen molar-refractivity contribution in [3.05, 3.63) is 66.0 Å². The Labute approximate surface area is 264 Å². The van der Waals surface area contributed by atoms with Crippen molar-refractivity contribution in [2.75, 3.05) is 24.4 Å². The van der Waals surface area contributed by atoms with Crippen molar-refractivity contribution in [2.24, 2.45) is 5.41 Å². The maximum atomic E-state index is 12.3. The molecule has 0 spiro atoms. The molecule has 2 aromatic carbocycles. The molecule has 3 heterocycles. The van der Waals surface area contributed by atoms with E-state index in [4.69, 9.17) is 20.3 Å². The highest BCUT2D eigenvalue weighted by Crippen LogP contribution is 2.47. The van der Waals surface area contributed by atoms with E-state index in [1.807, 2.05) is 48.5 Å². The van der Waals surface area contributed by atoms with Gasteiger partial charge in [0.15, 0.2) is 18.2 Å². The number of ether oxygens (including phenoxy) is 2. The first-order valence-corrected chi connectivity index (χ1v) is 14.7. The Kier molecular flexibility index (Phi) is 9.78. The first-order valence-electron chi connectivity index (χ1n) is 14.7. The monoisotopic (exact) mass is 629 g/mol. The van der Waals surface area contributed by atoms with Crippen molar-refractivity contribution in [3.63, 3.8) is 0 Å². The number of hydrogen-bond donors (Lipinski definition) is 6. The van der Waals surface area contributed by atoms with Crippen LogP contribution in [-0.2, 0) is 20.9 Å². The Balaban J connectivity index is 1.47. The molecule has 0 saturated carbocycles. The van der Waals surface area contributed by atoms with Crippen molar-refractivity contribution in [2.45, 2.75) is 51.4 Å². The summed E-state index contributed by atoms with van der Waals surface area (Å²) in [7, 11) is 0. The molecule has 14 nitrogen and oxygen atoms in total. The second kappa shape index (κ2) is 13.9. The first kappa shape index (κ1) is 32.3. The molecule has 7 N–H and O–H groups in total. The molecule has 240 valence electrons. The van der Waals surface area contributed by atoms with Crippen molar-refractivity contribution in [1.82, 2.24) is 19.9 Å². The highest BCUT2D eigenvalue weighted by molar-refractivity contribution is 5.97. The summed E-state index contributed by atoms with van der Waals surface area (Å²) >= 11 is 0. The van der Waals surface area contributed by atoms with Gasteiger partial charge in [0, 0.05) is 18.5 Å². The number of anilines is 2. The fourth-order valence-corrected chi connectivity index (χ4v) is 5.53. The fraction of sp³-hybridized carbons (Fsp3) is 0.344. The number of aromatic nitrogens is 3. The third kappa shape index (κ3) is 6.22. The van der Waals surface area contributed by atoms with Crippen molar-refractivity contribution >= 4 is 34.9 Å². The number of carbonyl (C=O) groups excluding carboxylic acids is 2. The molecule has 46 heavy (non-hydrogen) atoms. The molecular weight excluding hydrogens is 594 g/mol. The summed E-state index contributed by atoms with van der Waals surface area (Å²) in [6.45, 7) is 1.58. The van der Waals surface area contributed by atoms with Crippen LogP contribution in [0.5, 0.6) is 5.75 Å². The highest BCUT2D eigenvalue weighted by Gasteiger charge is 2.55. The summed E-state index contributed by atoms with van der Waals surface area (Å²) in [5, 5.41) is 45.9. The number of nitrogens with zero attached hydrogens (tertiary/aromatic N) is 4. The Hall–Kier alpha value is -5.07. The summed E-state index contributed by atoms with van der Waals surface area (Å²) in [5.74, 6) is 0.620. The van der Waals surface area contributed by atoms with Gasteiger partial charge >= 0.3 is 0 Å². The maximum absolute atomic E-state index is 12.3. The largest absolute Gasteiger partial charge is 0.493 e. The number of nitrogens with two attached hydrogens (primary N) is 1. The van der Waals surface area contributed by atoms with Gasteiger partial charge in [0.1, 0.15) is 54.5 Å². The second-order valence-electron chi connectivity index (χ2n) is 11.1. The second-order valence-corrected chi connectivity index (χ2v) is 11.1. The normalized spacial score (nSPS) is 20.7.